The van der Waals surface area contributed by atoms with Gasteiger partial charge in [0.05, 0.1) is 41.7 Å². The molecule has 1 saturated heterocycles. The number of nitrogens with zero attached hydrogens (tertiary/aromatic N) is 1. The van der Waals surface area contributed by atoms with Crippen molar-refractivity contribution in [2.45, 2.75) is 45.2 Å². The molecule has 0 spiro atoms. The van der Waals surface area contributed by atoms with Gasteiger partial charge in [-0.05, 0) is 49.6 Å². The number of hydrogen-bond acceptors (Lipinski definition) is 7. The Morgan fingerprint density at radius 2 is 1.86 bits per heavy atom. The first kappa shape index (κ1) is 24.4. The molecule has 2 aromatic carbocycles. The Morgan fingerprint density at radius 1 is 1.06 bits per heavy atom. The number of amides is 1. The fourth-order valence-electron chi connectivity index (χ4n) is 5.04. The van der Waals surface area contributed by atoms with Crippen LogP contribution < -0.4 is 14.9 Å². The van der Waals surface area contributed by atoms with Crippen LogP contribution in [0.2, 0.25) is 0 Å². The summed E-state index contributed by atoms with van der Waals surface area (Å²) < 4.78 is 42.4. The highest BCUT2D eigenvalue weighted by atomic mass is 32.2. The fraction of sp³-hybridized carbons (Fsp3) is 0.407. The zero-order valence-corrected chi connectivity index (χ0v) is 21.2. The first-order chi connectivity index (χ1) is 17.3. The molecule has 9 heteroatoms. The van der Waals surface area contributed by atoms with Gasteiger partial charge in [-0.1, -0.05) is 31.5 Å². The summed E-state index contributed by atoms with van der Waals surface area (Å²) in [5.41, 5.74) is 0.893. The van der Waals surface area contributed by atoms with Crippen molar-refractivity contribution in [3.63, 3.8) is 0 Å². The molecule has 3 aromatic rings. The van der Waals surface area contributed by atoms with E-state index in [1.165, 1.54) is 4.90 Å². The predicted molar refractivity (Wildman–Crippen MR) is 136 cm³/mol. The van der Waals surface area contributed by atoms with Gasteiger partial charge in [-0.3, -0.25) is 9.59 Å². The van der Waals surface area contributed by atoms with Crippen molar-refractivity contribution < 1.29 is 27.1 Å². The van der Waals surface area contributed by atoms with Gasteiger partial charge in [0.15, 0.2) is 26.8 Å². The summed E-state index contributed by atoms with van der Waals surface area (Å²) >= 11 is 0. The fourth-order valence-corrected chi connectivity index (χ4v) is 6.76. The minimum Gasteiger partial charge on any atom is -0.490 e. The van der Waals surface area contributed by atoms with Crippen molar-refractivity contribution in [2.24, 2.45) is 0 Å². The number of ether oxygens (including phenoxy) is 2. The Labute approximate surface area is 209 Å². The van der Waals surface area contributed by atoms with Crippen LogP contribution in [-0.4, -0.2) is 50.0 Å². The van der Waals surface area contributed by atoms with Crippen molar-refractivity contribution in [1.29, 1.82) is 0 Å². The van der Waals surface area contributed by atoms with Crippen molar-refractivity contribution in [2.75, 3.05) is 24.7 Å². The van der Waals surface area contributed by atoms with Crippen molar-refractivity contribution in [3.8, 4) is 11.5 Å². The van der Waals surface area contributed by atoms with Crippen LogP contribution in [0.3, 0.4) is 0 Å². The number of fused-ring (bicyclic) bond motifs is 2. The van der Waals surface area contributed by atoms with E-state index >= 15 is 0 Å². The lowest BCUT2D eigenvalue weighted by molar-refractivity contribution is 0.0662. The van der Waals surface area contributed by atoms with Gasteiger partial charge in [0.2, 0.25) is 5.76 Å². The van der Waals surface area contributed by atoms with E-state index in [4.69, 9.17) is 13.9 Å². The van der Waals surface area contributed by atoms with E-state index in [9.17, 15) is 18.0 Å². The third-order valence-corrected chi connectivity index (χ3v) is 8.50. The predicted octanol–water partition coefficient (Wildman–Crippen LogP) is 4.10. The molecule has 2 aliphatic heterocycles. The van der Waals surface area contributed by atoms with E-state index in [1.807, 2.05) is 13.0 Å². The van der Waals surface area contributed by atoms with Crippen molar-refractivity contribution >= 4 is 26.7 Å². The molecule has 190 valence electrons. The van der Waals surface area contributed by atoms with Crippen LogP contribution in [0.25, 0.3) is 11.0 Å². The minimum absolute atomic E-state index is 0.00225. The number of carbonyl (C=O) groups excluding carboxylic acids is 1. The average molecular weight is 512 g/mol. The summed E-state index contributed by atoms with van der Waals surface area (Å²) in [6.45, 7) is 4.90. The Bertz CT molecular complexity index is 1480. The molecule has 0 saturated carbocycles. The minimum atomic E-state index is -3.28. The Hall–Kier alpha value is -3.33. The molecule has 0 N–H and O–H groups in total. The monoisotopic (exact) mass is 511 g/mol. The molecule has 0 radical (unpaired) electrons. The normalized spacial score (nSPS) is 20.6. The van der Waals surface area contributed by atoms with Gasteiger partial charge in [-0.25, -0.2) is 8.42 Å². The molecule has 36 heavy (non-hydrogen) atoms. The molecule has 0 bridgehead atoms. The van der Waals surface area contributed by atoms with Gasteiger partial charge in [-0.15, -0.1) is 0 Å². The highest BCUT2D eigenvalue weighted by Gasteiger charge is 2.48. The average Bonchev–Trinajstić information content (AvgIpc) is 3.36. The van der Waals surface area contributed by atoms with Gasteiger partial charge in [0.1, 0.15) is 5.58 Å². The summed E-state index contributed by atoms with van der Waals surface area (Å²) in [5.74, 6) is 0.446. The van der Waals surface area contributed by atoms with E-state index in [1.54, 1.807) is 36.4 Å². The zero-order valence-electron chi connectivity index (χ0n) is 20.4. The lowest BCUT2D eigenvalue weighted by Gasteiger charge is -2.30. The molecule has 1 amide bonds. The largest absolute Gasteiger partial charge is 0.490 e. The van der Waals surface area contributed by atoms with E-state index < -0.39 is 27.8 Å². The molecular formula is C27H29NO7S. The van der Waals surface area contributed by atoms with E-state index in [0.717, 1.165) is 12.8 Å². The molecule has 3 heterocycles. The lowest BCUT2D eigenvalue weighted by atomic mass is 9.97. The standard InChI is InChI=1S/C27H29NO7S/c1-3-5-13-34-21-11-10-17(15-22(21)33-4-2)24-23-25(29)19-8-6-7-9-20(19)35-26(23)27(30)28(24)18-12-14-36(31,32)16-18/h6-11,15,18,24H,3-5,12-14,16H2,1-2H3. The van der Waals surface area contributed by atoms with Gasteiger partial charge in [0.25, 0.3) is 5.91 Å². The van der Waals surface area contributed by atoms with Crippen molar-refractivity contribution in [1.82, 2.24) is 4.90 Å². The van der Waals surface area contributed by atoms with Crippen LogP contribution in [0, 0.1) is 0 Å². The molecule has 2 atom stereocenters. The quantitative estimate of drug-likeness (QED) is 0.420. The van der Waals surface area contributed by atoms with Gasteiger partial charge < -0.3 is 18.8 Å². The molecule has 2 aliphatic rings. The summed E-state index contributed by atoms with van der Waals surface area (Å²) in [6, 6.07) is 10.8. The summed E-state index contributed by atoms with van der Waals surface area (Å²) in [6.07, 6.45) is 2.20. The van der Waals surface area contributed by atoms with Crippen LogP contribution in [0.15, 0.2) is 51.7 Å². The maximum atomic E-state index is 13.7. The summed E-state index contributed by atoms with van der Waals surface area (Å²) in [4.78, 5) is 28.9. The van der Waals surface area contributed by atoms with E-state index in [0.29, 0.717) is 47.7 Å². The smallest absolute Gasteiger partial charge is 0.291 e. The van der Waals surface area contributed by atoms with Crippen LogP contribution >= 0.6 is 0 Å². The maximum absolute atomic E-state index is 13.7. The lowest BCUT2D eigenvalue weighted by Crippen LogP contribution is -2.40. The number of carbonyl (C=O) groups is 1. The van der Waals surface area contributed by atoms with Crippen LogP contribution in [0.5, 0.6) is 11.5 Å². The Kier molecular flexibility index (Phi) is 6.51. The van der Waals surface area contributed by atoms with E-state index in [2.05, 4.69) is 6.92 Å². The number of benzene rings is 2. The first-order valence-electron chi connectivity index (χ1n) is 12.3. The first-order valence-corrected chi connectivity index (χ1v) is 14.1. The zero-order chi connectivity index (χ0) is 25.4. The number of unbranched alkanes of at least 4 members (excludes halogenated alkanes) is 1. The van der Waals surface area contributed by atoms with Gasteiger partial charge >= 0.3 is 0 Å². The topological polar surface area (TPSA) is 103 Å². The van der Waals surface area contributed by atoms with Crippen LogP contribution in [-0.2, 0) is 9.84 Å². The Morgan fingerprint density at radius 3 is 2.58 bits per heavy atom. The third-order valence-electron chi connectivity index (χ3n) is 6.75. The van der Waals surface area contributed by atoms with Gasteiger partial charge in [-0.2, -0.15) is 0 Å². The van der Waals surface area contributed by atoms with Crippen molar-refractivity contribution in [3.05, 3.63) is 69.6 Å². The molecule has 0 aliphatic carbocycles. The number of sulfone groups is 1. The number of hydrogen-bond donors (Lipinski definition) is 0. The molecular weight excluding hydrogens is 482 g/mol. The molecule has 8 nitrogen and oxygen atoms in total. The molecule has 1 fully saturated rings. The second kappa shape index (κ2) is 9.61. The van der Waals surface area contributed by atoms with Crippen LogP contribution in [0.1, 0.15) is 60.8 Å². The third kappa shape index (κ3) is 4.25. The second-order valence-corrected chi connectivity index (χ2v) is 11.4. The maximum Gasteiger partial charge on any atom is 0.291 e. The molecule has 5 rings (SSSR count). The highest BCUT2D eigenvalue weighted by molar-refractivity contribution is 7.91. The number of rotatable bonds is 8. The van der Waals surface area contributed by atoms with E-state index in [-0.39, 0.29) is 28.3 Å². The summed E-state index contributed by atoms with van der Waals surface area (Å²) in [5, 5.41) is 0.375. The summed E-state index contributed by atoms with van der Waals surface area (Å²) in [7, 11) is -3.28. The number of para-hydroxylation sites is 1. The second-order valence-electron chi connectivity index (χ2n) is 9.18. The molecule has 1 aromatic heterocycles. The Balaban J connectivity index is 1.67. The highest BCUT2D eigenvalue weighted by Crippen LogP contribution is 2.43. The molecule has 2 unspecified atom stereocenters. The van der Waals surface area contributed by atoms with Crippen LogP contribution in [0.4, 0.5) is 0 Å². The van der Waals surface area contributed by atoms with Gasteiger partial charge in [0, 0.05) is 6.04 Å². The SMILES string of the molecule is CCCCOc1ccc(C2c3c(oc4ccccc4c3=O)C(=O)N2C2CCS(=O)(=O)C2)cc1OCC.